The molecule has 0 spiro atoms. The monoisotopic (exact) mass is 516 g/mol. The molecule has 5 rings (SSSR count). The number of hydrogen-bond acceptors (Lipinski definition) is 8. The molecule has 0 saturated carbocycles. The van der Waals surface area contributed by atoms with Gasteiger partial charge in [-0.25, -0.2) is 14.8 Å². The summed E-state index contributed by atoms with van der Waals surface area (Å²) in [6.07, 6.45) is 1.73. The predicted octanol–water partition coefficient (Wildman–Crippen LogP) is 4.52. The number of hydrogen-bond donors (Lipinski definition) is 1. The van der Waals surface area contributed by atoms with Crippen molar-refractivity contribution in [2.45, 2.75) is 33.7 Å². The number of amides is 1. The van der Waals surface area contributed by atoms with Gasteiger partial charge in [0.1, 0.15) is 16.2 Å². The molecular weight excluding hydrogens is 492 g/mol. The molecule has 1 aromatic carbocycles. The predicted molar refractivity (Wildman–Crippen MR) is 139 cm³/mol. The van der Waals surface area contributed by atoms with Gasteiger partial charge in [-0.15, -0.1) is 0 Å². The quantitative estimate of drug-likeness (QED) is 0.180. The Morgan fingerprint density at radius 1 is 1.05 bits per heavy atom. The first kappa shape index (κ1) is 24.4. The van der Waals surface area contributed by atoms with Crippen LogP contribution in [0.25, 0.3) is 11.4 Å². The molecule has 1 N–H and O–H groups in total. The molecule has 10 heteroatoms. The lowest BCUT2D eigenvalue weighted by Crippen LogP contribution is -2.29. The first-order chi connectivity index (χ1) is 17.7. The van der Waals surface area contributed by atoms with Crippen molar-refractivity contribution in [2.75, 3.05) is 11.5 Å². The molecule has 188 valence electrons. The standard InChI is InChI=1S/C27H24N4O5S/c1-5-36-26(35)24-16(4)29-27(37-24)31-21(17-11-9-14(2)10-12-17)19(23(33)25(31)34)22(32)20-15(3)28-18-8-6-7-13-30(18)20/h6-13,21,32H,5H2,1-4H3/b22-19+. The van der Waals surface area contributed by atoms with Crippen molar-refractivity contribution in [1.82, 2.24) is 14.4 Å². The van der Waals surface area contributed by atoms with Gasteiger partial charge in [0.15, 0.2) is 10.9 Å². The second kappa shape index (κ2) is 9.29. The largest absolute Gasteiger partial charge is 0.505 e. The Kier molecular flexibility index (Phi) is 6.12. The van der Waals surface area contributed by atoms with Gasteiger partial charge >= 0.3 is 11.9 Å². The maximum atomic E-state index is 13.5. The summed E-state index contributed by atoms with van der Waals surface area (Å²) in [5.41, 5.74) is 3.35. The molecular formula is C27H24N4O5S. The summed E-state index contributed by atoms with van der Waals surface area (Å²) in [6.45, 7) is 7.20. The summed E-state index contributed by atoms with van der Waals surface area (Å²) < 4.78 is 6.80. The lowest BCUT2D eigenvalue weighted by atomic mass is 9.96. The van der Waals surface area contributed by atoms with Crippen molar-refractivity contribution >= 4 is 45.5 Å². The summed E-state index contributed by atoms with van der Waals surface area (Å²) in [7, 11) is 0. The van der Waals surface area contributed by atoms with E-state index in [-0.39, 0.29) is 27.9 Å². The number of fused-ring (bicyclic) bond motifs is 1. The number of thiazole rings is 1. The van der Waals surface area contributed by atoms with E-state index in [4.69, 9.17) is 4.74 Å². The fourth-order valence-corrected chi connectivity index (χ4v) is 5.48. The van der Waals surface area contributed by atoms with Crippen LogP contribution in [0, 0.1) is 20.8 Å². The van der Waals surface area contributed by atoms with Crippen molar-refractivity contribution in [3.05, 3.63) is 87.3 Å². The number of pyridine rings is 1. The first-order valence-corrected chi connectivity index (χ1v) is 12.5. The maximum absolute atomic E-state index is 13.5. The average Bonchev–Trinajstić information content (AvgIpc) is 3.50. The van der Waals surface area contributed by atoms with Gasteiger partial charge in [-0.2, -0.15) is 0 Å². The van der Waals surface area contributed by atoms with Crippen LogP contribution in [0.4, 0.5) is 5.13 Å². The molecule has 0 aliphatic carbocycles. The molecule has 1 fully saturated rings. The molecule has 1 amide bonds. The van der Waals surface area contributed by atoms with E-state index in [0.717, 1.165) is 16.9 Å². The molecule has 4 heterocycles. The van der Waals surface area contributed by atoms with Crippen molar-refractivity contribution < 1.29 is 24.2 Å². The number of imidazole rings is 1. The number of benzene rings is 1. The fourth-order valence-electron chi connectivity index (χ4n) is 4.49. The molecule has 1 atom stereocenters. The molecule has 1 aliphatic rings. The van der Waals surface area contributed by atoms with Gasteiger partial charge in [-0.05, 0) is 45.4 Å². The van der Waals surface area contributed by atoms with Crippen LogP contribution in [0.2, 0.25) is 0 Å². The zero-order valence-corrected chi connectivity index (χ0v) is 21.5. The molecule has 3 aromatic heterocycles. The second-order valence-corrected chi connectivity index (χ2v) is 9.66. The highest BCUT2D eigenvalue weighted by Crippen LogP contribution is 2.44. The topological polar surface area (TPSA) is 114 Å². The van der Waals surface area contributed by atoms with Gasteiger partial charge < -0.3 is 9.84 Å². The lowest BCUT2D eigenvalue weighted by molar-refractivity contribution is -0.132. The van der Waals surface area contributed by atoms with Crippen LogP contribution in [-0.2, 0) is 14.3 Å². The Bertz CT molecular complexity index is 1600. The van der Waals surface area contributed by atoms with Crippen LogP contribution in [0.5, 0.6) is 0 Å². The van der Waals surface area contributed by atoms with E-state index in [1.165, 1.54) is 4.90 Å². The Morgan fingerprint density at radius 3 is 2.49 bits per heavy atom. The minimum Gasteiger partial charge on any atom is -0.505 e. The van der Waals surface area contributed by atoms with E-state index in [0.29, 0.717) is 28.3 Å². The van der Waals surface area contributed by atoms with Crippen LogP contribution >= 0.6 is 11.3 Å². The Hall–Kier alpha value is -4.31. The normalized spacial score (nSPS) is 17.1. The zero-order valence-electron chi connectivity index (χ0n) is 20.7. The van der Waals surface area contributed by atoms with Gasteiger partial charge in [0.2, 0.25) is 0 Å². The van der Waals surface area contributed by atoms with Crippen molar-refractivity contribution in [2.24, 2.45) is 0 Å². The van der Waals surface area contributed by atoms with E-state index in [1.54, 1.807) is 55.6 Å². The number of anilines is 1. The van der Waals surface area contributed by atoms with Gasteiger partial charge in [0.05, 0.1) is 29.6 Å². The fraction of sp³-hybridized carbons (Fsp3) is 0.222. The van der Waals surface area contributed by atoms with Crippen molar-refractivity contribution in [3.63, 3.8) is 0 Å². The Labute approximate surface area is 216 Å². The number of carbonyl (C=O) groups excluding carboxylic acids is 3. The van der Waals surface area contributed by atoms with E-state index in [2.05, 4.69) is 9.97 Å². The average molecular weight is 517 g/mol. The van der Waals surface area contributed by atoms with E-state index in [1.807, 2.05) is 25.1 Å². The van der Waals surface area contributed by atoms with Crippen LogP contribution in [0.3, 0.4) is 0 Å². The summed E-state index contributed by atoms with van der Waals surface area (Å²) >= 11 is 0.975. The zero-order chi connectivity index (χ0) is 26.4. The number of rotatable bonds is 5. The first-order valence-electron chi connectivity index (χ1n) is 11.7. The third-order valence-electron chi connectivity index (χ3n) is 6.22. The number of aromatic nitrogens is 3. The van der Waals surface area contributed by atoms with Gasteiger partial charge in [0.25, 0.3) is 5.78 Å². The molecule has 0 radical (unpaired) electrons. The van der Waals surface area contributed by atoms with Crippen LogP contribution in [0.1, 0.15) is 50.8 Å². The van der Waals surface area contributed by atoms with Gasteiger partial charge in [0, 0.05) is 6.20 Å². The third kappa shape index (κ3) is 3.99. The SMILES string of the molecule is CCOC(=O)c1sc(N2C(=O)C(=O)/C(=C(/O)c3c(C)nc4ccccn34)C2c2ccc(C)cc2)nc1C. The van der Waals surface area contributed by atoms with Crippen LogP contribution < -0.4 is 4.90 Å². The maximum Gasteiger partial charge on any atom is 0.350 e. The number of aliphatic hydroxyl groups excluding tert-OH is 1. The minimum atomic E-state index is -0.963. The molecule has 4 aromatic rings. The van der Waals surface area contributed by atoms with Crippen molar-refractivity contribution in [1.29, 1.82) is 0 Å². The number of aryl methyl sites for hydroxylation is 3. The van der Waals surface area contributed by atoms with E-state index < -0.39 is 23.7 Å². The molecule has 37 heavy (non-hydrogen) atoms. The number of ether oxygens (including phenoxy) is 1. The number of Topliss-reactive ketones (excluding diaryl/α,β-unsaturated/α-hetero) is 1. The number of nitrogens with zero attached hydrogens (tertiary/aromatic N) is 4. The second-order valence-electron chi connectivity index (χ2n) is 8.69. The van der Waals surface area contributed by atoms with E-state index in [9.17, 15) is 19.5 Å². The van der Waals surface area contributed by atoms with Gasteiger partial charge in [-0.1, -0.05) is 47.2 Å². The number of carbonyl (C=O) groups is 3. The number of ketones is 1. The van der Waals surface area contributed by atoms with Crippen LogP contribution in [-0.4, -0.2) is 43.7 Å². The Balaban J connectivity index is 1.74. The summed E-state index contributed by atoms with van der Waals surface area (Å²) in [6, 6.07) is 11.8. The highest BCUT2D eigenvalue weighted by Gasteiger charge is 2.49. The third-order valence-corrected chi connectivity index (χ3v) is 7.36. The Morgan fingerprint density at radius 2 is 1.78 bits per heavy atom. The molecule has 1 saturated heterocycles. The number of esters is 1. The minimum absolute atomic E-state index is 0.0758. The molecule has 0 bridgehead atoms. The molecule has 1 unspecified atom stereocenters. The molecule has 1 aliphatic heterocycles. The lowest BCUT2D eigenvalue weighted by Gasteiger charge is -2.23. The van der Waals surface area contributed by atoms with E-state index >= 15 is 0 Å². The molecule has 9 nitrogen and oxygen atoms in total. The number of aliphatic hydroxyl groups is 1. The smallest absolute Gasteiger partial charge is 0.350 e. The van der Waals surface area contributed by atoms with Crippen LogP contribution in [0.15, 0.2) is 54.2 Å². The summed E-state index contributed by atoms with van der Waals surface area (Å²) in [4.78, 5) is 49.8. The van der Waals surface area contributed by atoms with Crippen molar-refractivity contribution in [3.8, 4) is 0 Å². The summed E-state index contributed by atoms with van der Waals surface area (Å²) in [5.74, 6) is -2.57. The summed E-state index contributed by atoms with van der Waals surface area (Å²) in [5, 5.41) is 11.7. The van der Waals surface area contributed by atoms with Gasteiger partial charge in [-0.3, -0.25) is 18.9 Å². The highest BCUT2D eigenvalue weighted by molar-refractivity contribution is 7.17. The highest BCUT2D eigenvalue weighted by atomic mass is 32.1.